The zero-order valence-corrected chi connectivity index (χ0v) is 18.2. The molecule has 0 saturated heterocycles. The average molecular weight is 451 g/mol. The van der Waals surface area contributed by atoms with Gasteiger partial charge < -0.3 is 4.74 Å². The molecule has 0 atom stereocenters. The summed E-state index contributed by atoms with van der Waals surface area (Å²) in [4.78, 5) is 4.70. The van der Waals surface area contributed by atoms with Crippen LogP contribution in [0.3, 0.4) is 0 Å². The third kappa shape index (κ3) is 3.45. The van der Waals surface area contributed by atoms with Crippen molar-refractivity contribution in [2.24, 2.45) is 0 Å². The summed E-state index contributed by atoms with van der Waals surface area (Å²) in [6, 6.07) is 23.6. The van der Waals surface area contributed by atoms with Crippen LogP contribution in [-0.2, 0) is 0 Å². The summed E-state index contributed by atoms with van der Waals surface area (Å²) in [6.07, 6.45) is 0. The Morgan fingerprint density at radius 2 is 1.73 bits per heavy atom. The van der Waals surface area contributed by atoms with Crippen molar-refractivity contribution in [3.05, 3.63) is 77.8 Å². The van der Waals surface area contributed by atoms with Gasteiger partial charge in [-0.15, -0.1) is 21.5 Å². The summed E-state index contributed by atoms with van der Waals surface area (Å²) in [7, 11) is 1.66. The summed E-state index contributed by atoms with van der Waals surface area (Å²) in [5, 5.41) is 10.4. The Labute approximate surface area is 186 Å². The van der Waals surface area contributed by atoms with Gasteiger partial charge in [0.05, 0.1) is 22.4 Å². The number of nitrogens with zero attached hydrogens (tertiary/aromatic N) is 4. The summed E-state index contributed by atoms with van der Waals surface area (Å²) in [5.41, 5.74) is 2.64. The molecule has 0 saturated carbocycles. The van der Waals surface area contributed by atoms with E-state index in [9.17, 15) is 0 Å². The van der Waals surface area contributed by atoms with Crippen LogP contribution < -0.4 is 4.74 Å². The maximum Gasteiger partial charge on any atom is 0.203 e. The molecule has 0 aliphatic heterocycles. The van der Waals surface area contributed by atoms with E-state index in [1.807, 2.05) is 77.4 Å². The minimum atomic E-state index is 0.648. The Kier molecular flexibility index (Phi) is 5.16. The van der Waals surface area contributed by atoms with Crippen molar-refractivity contribution in [1.29, 1.82) is 0 Å². The number of benzene rings is 3. The quantitative estimate of drug-likeness (QED) is 0.312. The molecule has 0 radical (unpaired) electrons. The fourth-order valence-corrected chi connectivity index (χ4v) is 5.48. The molecule has 0 unspecified atom stereocenters. The zero-order valence-electron chi connectivity index (χ0n) is 15.8. The van der Waals surface area contributed by atoms with Crippen molar-refractivity contribution in [2.75, 3.05) is 7.11 Å². The number of para-hydroxylation sites is 3. The number of thiazole rings is 1. The highest BCUT2D eigenvalue weighted by Gasteiger charge is 2.20. The second-order valence-corrected chi connectivity index (χ2v) is 9.00. The van der Waals surface area contributed by atoms with Crippen LogP contribution in [0.15, 0.2) is 82.3 Å². The molecule has 30 heavy (non-hydrogen) atoms. The second kappa shape index (κ2) is 8.10. The van der Waals surface area contributed by atoms with E-state index in [2.05, 4.69) is 10.2 Å². The van der Waals surface area contributed by atoms with E-state index < -0.39 is 0 Å². The molecular weight excluding hydrogens is 436 g/mol. The van der Waals surface area contributed by atoms with Gasteiger partial charge in [-0.25, -0.2) is 4.98 Å². The smallest absolute Gasteiger partial charge is 0.203 e. The number of hydrogen-bond acceptors (Lipinski definition) is 6. The highest BCUT2D eigenvalue weighted by Crippen LogP contribution is 2.39. The van der Waals surface area contributed by atoms with Crippen LogP contribution in [0.5, 0.6) is 5.75 Å². The number of halogens is 1. The van der Waals surface area contributed by atoms with E-state index >= 15 is 0 Å². The van der Waals surface area contributed by atoms with Crippen molar-refractivity contribution in [2.45, 2.75) is 9.50 Å². The van der Waals surface area contributed by atoms with Crippen LogP contribution in [0.1, 0.15) is 0 Å². The molecule has 0 spiro atoms. The van der Waals surface area contributed by atoms with Crippen LogP contribution >= 0.6 is 34.7 Å². The van der Waals surface area contributed by atoms with Gasteiger partial charge in [0.25, 0.3) is 0 Å². The Morgan fingerprint density at radius 3 is 2.53 bits per heavy atom. The Morgan fingerprint density at radius 1 is 0.933 bits per heavy atom. The van der Waals surface area contributed by atoms with Gasteiger partial charge in [-0.05, 0) is 48.2 Å². The summed E-state index contributed by atoms with van der Waals surface area (Å²) >= 11 is 9.36. The normalized spacial score (nSPS) is 11.1. The van der Waals surface area contributed by atoms with E-state index in [0.29, 0.717) is 10.8 Å². The first-order valence-corrected chi connectivity index (χ1v) is 11.1. The van der Waals surface area contributed by atoms with Crippen LogP contribution in [0.25, 0.3) is 27.3 Å². The molecule has 0 N–H and O–H groups in total. The highest BCUT2D eigenvalue weighted by molar-refractivity contribution is 8.01. The predicted octanol–water partition coefficient (Wildman–Crippen LogP) is 6.36. The molecule has 0 amide bonds. The molecule has 0 fully saturated rings. The Balaban J connectivity index is 1.65. The predicted molar refractivity (Wildman–Crippen MR) is 122 cm³/mol. The molecule has 0 aliphatic rings. The van der Waals surface area contributed by atoms with E-state index in [1.165, 1.54) is 11.8 Å². The lowest BCUT2D eigenvalue weighted by molar-refractivity contribution is 0.416. The van der Waals surface area contributed by atoms with Gasteiger partial charge in [-0.2, -0.15) is 0 Å². The standard InChI is InChI=1S/C22H15ClN4OS2/c1-28-17-12-6-5-10-15(17)20-25-26-21(27(20)14-8-3-2-4-9-14)30-22-24-19-16(23)11-7-13-18(19)29-22/h2-13H,1H3. The first kappa shape index (κ1) is 19.1. The first-order valence-electron chi connectivity index (χ1n) is 9.12. The van der Waals surface area contributed by atoms with Crippen LogP contribution in [0, 0.1) is 0 Å². The van der Waals surface area contributed by atoms with Crippen molar-refractivity contribution >= 4 is 44.9 Å². The maximum absolute atomic E-state index is 6.31. The lowest BCUT2D eigenvalue weighted by Crippen LogP contribution is -2.00. The monoisotopic (exact) mass is 450 g/mol. The third-order valence-corrected chi connectivity index (χ3v) is 6.86. The van der Waals surface area contributed by atoms with Crippen molar-refractivity contribution in [3.63, 3.8) is 0 Å². The van der Waals surface area contributed by atoms with Gasteiger partial charge in [0.2, 0.25) is 5.16 Å². The third-order valence-electron chi connectivity index (χ3n) is 4.52. The highest BCUT2D eigenvalue weighted by atomic mass is 35.5. The summed E-state index contributed by atoms with van der Waals surface area (Å²) < 4.78 is 9.48. The van der Waals surface area contributed by atoms with Crippen LogP contribution in [0.4, 0.5) is 0 Å². The molecule has 0 bridgehead atoms. The summed E-state index contributed by atoms with van der Waals surface area (Å²) in [5.74, 6) is 1.45. The Hall–Kier alpha value is -2.87. The number of fused-ring (bicyclic) bond motifs is 1. The average Bonchev–Trinajstić information content (AvgIpc) is 3.39. The van der Waals surface area contributed by atoms with E-state index in [1.54, 1.807) is 18.4 Å². The molecule has 5 nitrogen and oxygen atoms in total. The zero-order chi connectivity index (χ0) is 20.5. The summed E-state index contributed by atoms with van der Waals surface area (Å²) in [6.45, 7) is 0. The number of aromatic nitrogens is 4. The topological polar surface area (TPSA) is 52.8 Å². The fraction of sp³-hybridized carbons (Fsp3) is 0.0455. The largest absolute Gasteiger partial charge is 0.496 e. The van der Waals surface area contributed by atoms with Crippen molar-refractivity contribution < 1.29 is 4.74 Å². The molecule has 2 heterocycles. The second-order valence-electron chi connectivity index (χ2n) is 6.35. The van der Waals surface area contributed by atoms with Gasteiger partial charge in [0.15, 0.2) is 10.2 Å². The first-order chi connectivity index (χ1) is 14.7. The molecule has 5 aromatic rings. The minimum absolute atomic E-state index is 0.648. The van der Waals surface area contributed by atoms with Gasteiger partial charge in [-0.1, -0.05) is 48.0 Å². The van der Waals surface area contributed by atoms with Crippen molar-refractivity contribution in [3.8, 4) is 22.8 Å². The lowest BCUT2D eigenvalue weighted by atomic mass is 10.2. The molecule has 2 aromatic heterocycles. The Bertz CT molecular complexity index is 1330. The molecule has 0 aliphatic carbocycles. The number of rotatable bonds is 5. The van der Waals surface area contributed by atoms with Gasteiger partial charge >= 0.3 is 0 Å². The van der Waals surface area contributed by atoms with Gasteiger partial charge in [0, 0.05) is 5.69 Å². The number of ether oxygens (including phenoxy) is 1. The SMILES string of the molecule is COc1ccccc1-c1nnc(Sc2nc3c(Cl)cccc3s2)n1-c1ccccc1. The van der Waals surface area contributed by atoms with Crippen LogP contribution in [-0.4, -0.2) is 26.9 Å². The molecule has 148 valence electrons. The molecule has 8 heteroatoms. The van der Waals surface area contributed by atoms with E-state index in [0.717, 1.165) is 36.7 Å². The van der Waals surface area contributed by atoms with Crippen LogP contribution in [0.2, 0.25) is 5.02 Å². The van der Waals surface area contributed by atoms with Gasteiger partial charge in [-0.3, -0.25) is 4.57 Å². The lowest BCUT2D eigenvalue weighted by Gasteiger charge is -2.11. The molecular formula is C22H15ClN4OS2. The number of methoxy groups -OCH3 is 1. The van der Waals surface area contributed by atoms with Gasteiger partial charge in [0.1, 0.15) is 11.3 Å². The fourth-order valence-electron chi connectivity index (χ4n) is 3.17. The maximum atomic E-state index is 6.31. The van der Waals surface area contributed by atoms with E-state index in [4.69, 9.17) is 21.3 Å². The number of hydrogen-bond donors (Lipinski definition) is 0. The molecule has 5 rings (SSSR count). The van der Waals surface area contributed by atoms with Crippen molar-refractivity contribution in [1.82, 2.24) is 19.7 Å². The van der Waals surface area contributed by atoms with E-state index in [-0.39, 0.29) is 0 Å². The molecule has 3 aromatic carbocycles. The minimum Gasteiger partial charge on any atom is -0.496 e.